The lowest BCUT2D eigenvalue weighted by molar-refractivity contribution is -0.131. The maximum atomic E-state index is 10.7. The summed E-state index contributed by atoms with van der Waals surface area (Å²) >= 11 is 6.79. The van der Waals surface area contributed by atoms with E-state index in [0.29, 0.717) is 28.9 Å². The van der Waals surface area contributed by atoms with E-state index in [-0.39, 0.29) is 18.0 Å². The minimum atomic E-state index is -1.01. The van der Waals surface area contributed by atoms with Crippen LogP contribution in [0.25, 0.3) is 198 Å². The van der Waals surface area contributed by atoms with Crippen molar-refractivity contribution in [2.24, 2.45) is 0 Å². The van der Waals surface area contributed by atoms with Gasteiger partial charge in [-0.3, -0.25) is 9.59 Å². The summed E-state index contributed by atoms with van der Waals surface area (Å²) < 4.78 is 42.7. The Morgan fingerprint density at radius 1 is 0.407 bits per heavy atom. The highest BCUT2D eigenvalue weighted by Gasteiger charge is 2.37. The summed E-state index contributed by atoms with van der Waals surface area (Å²) in [6, 6.07) is 127. The van der Waals surface area contributed by atoms with Crippen LogP contribution in [0.5, 0.6) is 11.5 Å². The molecule has 0 saturated carbocycles. The number of aldehydes is 1. The number of ether oxygens (including phenoxy) is 2. The van der Waals surface area contributed by atoms with Crippen molar-refractivity contribution in [2.45, 2.75) is 57.3 Å². The van der Waals surface area contributed by atoms with E-state index in [0.717, 1.165) is 241 Å². The molecule has 0 fully saturated rings. The largest absolute Gasteiger partial charge is 0.485 e. The number of aliphatic hydroxyl groups is 2. The summed E-state index contributed by atoms with van der Waals surface area (Å²) in [4.78, 5) is 31.3. The minimum absolute atomic E-state index is 0.0219. The first-order valence-corrected chi connectivity index (χ1v) is 48.8. The summed E-state index contributed by atoms with van der Waals surface area (Å²) in [6.07, 6.45) is 9.73. The van der Waals surface area contributed by atoms with Crippen LogP contribution in [0.1, 0.15) is 66.2 Å². The summed E-state index contributed by atoms with van der Waals surface area (Å²) in [5, 5.41) is 52.1. The van der Waals surface area contributed by atoms with Gasteiger partial charge in [-0.15, -0.1) is 0 Å². The molecule has 2 radical (unpaired) electrons. The highest BCUT2D eigenvalue weighted by Crippen LogP contribution is 2.51. The molecule has 25 aromatic rings. The van der Waals surface area contributed by atoms with Crippen molar-refractivity contribution < 1.29 is 46.9 Å². The number of benzene rings is 17. The molecule has 4 N–H and O–H groups in total. The number of furan rings is 4. The zero-order chi connectivity index (χ0) is 99.5. The number of fused-ring (bicyclic) bond motifs is 28. The van der Waals surface area contributed by atoms with Gasteiger partial charge in [0.05, 0.1) is 107 Å². The van der Waals surface area contributed by atoms with Crippen LogP contribution in [-0.4, -0.2) is 66.7 Å². The number of halogens is 2. The van der Waals surface area contributed by atoms with E-state index in [4.69, 9.17) is 60.9 Å². The molecule has 20 heteroatoms. The predicted octanol–water partition coefficient (Wildman–Crippen LogP) is 30.4. The predicted molar refractivity (Wildman–Crippen MR) is 591 cm³/mol. The average Bonchev–Trinajstić information content (AvgIpc) is 1.57. The van der Waals surface area contributed by atoms with Gasteiger partial charge < -0.3 is 52.2 Å². The van der Waals surface area contributed by atoms with Gasteiger partial charge >= 0.3 is 5.97 Å². The molecule has 8 aromatic heterocycles. The first-order chi connectivity index (χ1) is 70.6. The second-order valence-corrected chi connectivity index (χ2v) is 38.6. The number of hydrogen-bond acceptors (Lipinski definition) is 15. The number of aromatic nitrogens is 4. The number of allylic oxidation sites excluding steroid dienone is 2. The van der Waals surface area contributed by atoms with Crippen LogP contribution in [-0.2, 0) is 11.2 Å². The van der Waals surface area contributed by atoms with Gasteiger partial charge in [0, 0.05) is 114 Å². The number of nitrogens with two attached hydrogens (primary N) is 1. The minimum Gasteiger partial charge on any atom is -0.485 e. The Bertz CT molecular complexity index is 9550. The summed E-state index contributed by atoms with van der Waals surface area (Å²) in [5.41, 5.74) is 30.6. The van der Waals surface area contributed by atoms with Gasteiger partial charge in [0.2, 0.25) is 0 Å². The Hall–Kier alpha value is -17.5. The van der Waals surface area contributed by atoms with Crippen LogP contribution < -0.4 is 20.7 Å². The Morgan fingerprint density at radius 3 is 1.45 bits per heavy atom. The fourth-order valence-corrected chi connectivity index (χ4v) is 19.7. The quantitative estimate of drug-likeness (QED) is 0.0441. The molecule has 3 aliphatic rings. The van der Waals surface area contributed by atoms with Gasteiger partial charge in [-0.05, 0) is 209 Å². The van der Waals surface area contributed by atoms with Gasteiger partial charge in [-0.2, -0.15) is 10.5 Å². The molecular formula is C125H86BBr2N7O10. The van der Waals surface area contributed by atoms with Gasteiger partial charge in [-0.1, -0.05) is 262 Å². The second-order valence-electron chi connectivity index (χ2n) is 36.7. The first kappa shape index (κ1) is 92.5. The maximum Gasteiger partial charge on any atom is 0.315 e. The molecule has 0 saturated heterocycles. The molecule has 28 rings (SSSR count). The lowest BCUT2D eigenvalue weighted by atomic mass is 9.88. The number of pyridine rings is 2. The summed E-state index contributed by atoms with van der Waals surface area (Å²) in [6.45, 7) is 6.31. The number of nitrogens with zero attached hydrogens (tertiary/aromatic N) is 6. The summed E-state index contributed by atoms with van der Waals surface area (Å²) in [5.74, 6) is 1.57. The number of nitriles is 2. The Morgan fingerprint density at radius 2 is 0.869 bits per heavy atom. The second kappa shape index (κ2) is 38.5. The van der Waals surface area contributed by atoms with E-state index in [1.54, 1.807) is 45.9 Å². The van der Waals surface area contributed by atoms with Gasteiger partial charge in [0.25, 0.3) is 0 Å². The number of carbonyl (C=O) groups excluding carboxylic acids is 2. The molecule has 2 aliphatic heterocycles. The molecule has 10 heterocycles. The van der Waals surface area contributed by atoms with Crippen LogP contribution in [0.2, 0.25) is 0 Å². The summed E-state index contributed by atoms with van der Waals surface area (Å²) in [7, 11) is 5.96. The highest BCUT2D eigenvalue weighted by molar-refractivity contribution is 9.10. The van der Waals surface area contributed by atoms with Crippen molar-refractivity contribution in [3.05, 3.63) is 431 Å². The van der Waals surface area contributed by atoms with Gasteiger partial charge in [0.1, 0.15) is 76.4 Å². The SMILES string of the molecule is Brc1ccc(-c2nc3ccc4oc5ccccc5c4c3c3oc4ccccc4c23)cc1.CC(C)(O)C(C)(C)O.N#Cc1ccc2c3cc(-c4ccc(-c5nc6ccc7c(c6c6oc8ccccc8c56)C5C=CC=CC5O7)cc4)ccc3n(-c3ccccc3)c2c1.Nc1ccc2oc3ccccc3c2c1.O=C1Cc2ccccc2O1.O=Cc1ccc(Br)cc1.[B]c1ccc2c(c1)c1ccc(C#N)cc1n2-c1ccccc1. The highest BCUT2D eigenvalue weighted by atomic mass is 79.9. The van der Waals surface area contributed by atoms with Crippen LogP contribution in [0.15, 0.2) is 421 Å². The van der Waals surface area contributed by atoms with E-state index in [1.807, 2.05) is 231 Å². The molecule has 0 bridgehead atoms. The maximum absolute atomic E-state index is 10.7. The molecule has 17 aromatic carbocycles. The number of esters is 1. The van der Waals surface area contributed by atoms with Gasteiger partial charge in [-0.25, -0.2) is 9.97 Å². The van der Waals surface area contributed by atoms with E-state index in [2.05, 4.69) is 199 Å². The zero-order valence-corrected chi connectivity index (χ0v) is 81.9. The smallest absolute Gasteiger partial charge is 0.315 e. The molecule has 2 unspecified atom stereocenters. The lowest BCUT2D eigenvalue weighted by Crippen LogP contribution is -2.44. The number of anilines is 1. The Balaban J connectivity index is 0.000000108. The Kier molecular flexibility index (Phi) is 24.6. The van der Waals surface area contributed by atoms with Crippen LogP contribution in [0.3, 0.4) is 0 Å². The molecule has 1 aliphatic carbocycles. The van der Waals surface area contributed by atoms with Crippen molar-refractivity contribution in [3.63, 3.8) is 0 Å². The fourth-order valence-electron chi connectivity index (χ4n) is 19.1. The van der Waals surface area contributed by atoms with Crippen molar-refractivity contribution in [3.8, 4) is 68.7 Å². The van der Waals surface area contributed by atoms with Crippen LogP contribution in [0, 0.1) is 22.7 Å². The van der Waals surface area contributed by atoms with E-state index in [9.17, 15) is 20.1 Å². The zero-order valence-electron chi connectivity index (χ0n) is 78.7. The van der Waals surface area contributed by atoms with Crippen molar-refractivity contribution >= 4 is 216 Å². The van der Waals surface area contributed by atoms with E-state index in [1.165, 1.54) is 0 Å². The average molecular weight is 2020 g/mol. The number of nitrogen functional groups attached to an aromatic ring is 1. The number of para-hydroxylation sites is 7. The van der Waals surface area contributed by atoms with Crippen LogP contribution in [0.4, 0.5) is 5.69 Å². The number of carbonyl (C=O) groups is 2. The van der Waals surface area contributed by atoms with Crippen molar-refractivity contribution in [1.82, 2.24) is 19.1 Å². The van der Waals surface area contributed by atoms with Crippen LogP contribution >= 0.6 is 31.9 Å². The van der Waals surface area contributed by atoms with Crippen molar-refractivity contribution in [2.75, 3.05) is 5.73 Å². The normalized spacial score (nSPS) is 13.4. The third kappa shape index (κ3) is 17.7. The molecule has 145 heavy (non-hydrogen) atoms. The Labute approximate surface area is 849 Å². The van der Waals surface area contributed by atoms with Gasteiger partial charge in [0.15, 0.2) is 0 Å². The number of rotatable bonds is 7. The monoisotopic (exact) mass is 2010 g/mol. The topological polar surface area (TPSA) is 255 Å². The third-order valence-corrected chi connectivity index (χ3v) is 27.9. The lowest BCUT2D eigenvalue weighted by Gasteiger charge is -2.31. The van der Waals surface area contributed by atoms with E-state index < -0.39 is 11.2 Å². The standard InChI is InChI=1S/C46H27N3O2.C27H14BrNO2.C19H11BN2.C12H9NO.C8H6O2.C7H5BrO.C6H14O2/c47-26-27-14-20-32-35-25-30(19-22-37(35)49(38(32)24-27)31-8-2-1-3-9-31)28-15-17-29(18-16-28)45-43-34-11-5-7-13-40(34)51-46(43)44-36(48-45)21-23-41-42(44)33-10-4-6-12-39(33)50-41;28-16-11-9-15(10-12-16)26-24-18-6-2-4-8-21(18)31-27(24)25-19(29-26)13-14-22-23(25)17-5-1-3-7-20(17)30-22;20-14-7-9-18-17(11-14)16-8-6-13(12-21)10-19(16)22(18)15-4-2-1-3-5-15;13-8-5-6-12-10(7-8)9-3-1-2-4-11(9)14-12;9-8-5-6-3-1-2-4-7(6)10-8;8-7-3-1-6(5-9)2-4-7;1-5(2,7)6(3,4)8/h1-25,33,39H;1-14H;1-11H;1-7H,13H2;1-4H,5H2;1-5H;7-8H,1-4H3. The molecule has 0 amide bonds. The third-order valence-electron chi connectivity index (χ3n) is 26.9. The molecule has 0 spiro atoms. The molecular weight excluding hydrogens is 1930 g/mol. The molecule has 17 nitrogen and oxygen atoms in total. The first-order valence-electron chi connectivity index (χ1n) is 47.2. The van der Waals surface area contributed by atoms with E-state index >= 15 is 0 Å². The number of hydrogen-bond donors (Lipinski definition) is 3. The molecule has 2 atom stereocenters. The molecule has 698 valence electrons. The van der Waals surface area contributed by atoms with Crippen molar-refractivity contribution in [1.29, 1.82) is 10.5 Å². The fraction of sp³-hybridized carbons (Fsp3) is 0.0720.